The van der Waals surface area contributed by atoms with Crippen LogP contribution >= 0.6 is 11.8 Å². The number of fused-ring (bicyclic) bond motifs is 1. The molecule has 1 aromatic rings. The first-order valence-corrected chi connectivity index (χ1v) is 16.4. The molecule has 3 heterocycles. The highest BCUT2D eigenvalue weighted by Crippen LogP contribution is 2.66. The smallest absolute Gasteiger partial charge is 0.251 e. The van der Waals surface area contributed by atoms with Crippen molar-refractivity contribution in [3.63, 3.8) is 0 Å². The topological polar surface area (TPSA) is 84.4 Å². The van der Waals surface area contributed by atoms with Gasteiger partial charge >= 0.3 is 0 Å². The van der Waals surface area contributed by atoms with Crippen LogP contribution in [0.1, 0.15) is 52.4 Å². The van der Waals surface area contributed by atoms with Gasteiger partial charge in [0, 0.05) is 63.0 Å². The van der Waals surface area contributed by atoms with E-state index in [9.17, 15) is 19.5 Å². The van der Waals surface area contributed by atoms with E-state index in [1.807, 2.05) is 24.3 Å². The minimum Gasteiger partial charge on any atom is -0.396 e. The number of rotatable bonds is 16. The van der Waals surface area contributed by atoms with Gasteiger partial charge in [-0.05, 0) is 63.8 Å². The summed E-state index contributed by atoms with van der Waals surface area (Å²) in [6.45, 7) is 15.1. The van der Waals surface area contributed by atoms with Gasteiger partial charge in [-0.3, -0.25) is 14.4 Å². The molecule has 3 aliphatic rings. The Labute approximate surface area is 255 Å². The predicted molar refractivity (Wildman–Crippen MR) is 172 cm³/mol. The van der Waals surface area contributed by atoms with Gasteiger partial charge in [-0.2, -0.15) is 0 Å². The first kappa shape index (κ1) is 32.1. The Bertz CT molecular complexity index is 1140. The second-order valence-corrected chi connectivity index (χ2v) is 13.3. The molecule has 1 N–H and O–H groups in total. The maximum absolute atomic E-state index is 14.7. The Hall–Kier alpha value is -2.78. The molecule has 3 aliphatic heterocycles. The lowest BCUT2D eigenvalue weighted by Gasteiger charge is -2.37. The van der Waals surface area contributed by atoms with Crippen LogP contribution in [0, 0.1) is 11.8 Å². The van der Waals surface area contributed by atoms with Crippen molar-refractivity contribution in [3.05, 3.63) is 49.6 Å². The molecule has 9 heteroatoms. The number of aliphatic hydroxyl groups is 1. The van der Waals surface area contributed by atoms with Crippen molar-refractivity contribution in [3.8, 4) is 0 Å². The van der Waals surface area contributed by atoms with Crippen molar-refractivity contribution in [1.29, 1.82) is 0 Å². The van der Waals surface area contributed by atoms with Crippen molar-refractivity contribution >= 4 is 40.9 Å². The van der Waals surface area contributed by atoms with E-state index in [0.717, 1.165) is 63.0 Å². The van der Waals surface area contributed by atoms with Gasteiger partial charge in [-0.25, -0.2) is 0 Å². The summed E-state index contributed by atoms with van der Waals surface area (Å²) in [5.41, 5.74) is 1.88. The fourth-order valence-electron chi connectivity index (χ4n) is 7.27. The summed E-state index contributed by atoms with van der Waals surface area (Å²) in [5.74, 6) is -1.14. The number of anilines is 2. The van der Waals surface area contributed by atoms with E-state index in [2.05, 4.69) is 31.9 Å². The second kappa shape index (κ2) is 14.1. The first-order chi connectivity index (χ1) is 20.3. The predicted octanol–water partition coefficient (Wildman–Crippen LogP) is 4.34. The highest BCUT2D eigenvalue weighted by molar-refractivity contribution is 8.02. The van der Waals surface area contributed by atoms with Gasteiger partial charge in [0.1, 0.15) is 6.04 Å². The van der Waals surface area contributed by atoms with Gasteiger partial charge in [0.05, 0.1) is 16.6 Å². The van der Waals surface area contributed by atoms with Crippen LogP contribution in [0.5, 0.6) is 0 Å². The largest absolute Gasteiger partial charge is 0.396 e. The average Bonchev–Trinajstić information content (AvgIpc) is 3.63. The van der Waals surface area contributed by atoms with Crippen LogP contribution in [0.4, 0.5) is 11.4 Å². The van der Waals surface area contributed by atoms with Gasteiger partial charge in [-0.15, -0.1) is 24.9 Å². The fourth-order valence-corrected chi connectivity index (χ4v) is 9.48. The minimum absolute atomic E-state index is 0.0294. The standard InChI is InChI=1S/C33H48N4O4S/c1-6-20-34(5)30(39)27-26-18-19-33(42-26)28(27)31(40)37(22-12-10-11-13-23-38)29(33)32(41)36(21-7-2)25-16-14-24(15-17-25)35(8-3)9-4/h6-7,14-17,26-29,38H,1-2,8-13,18-23H2,3-5H3/t26-,27+,28+,29?,33?/m1/s1. The van der Waals surface area contributed by atoms with E-state index in [1.165, 1.54) is 0 Å². The van der Waals surface area contributed by atoms with E-state index >= 15 is 0 Å². The van der Waals surface area contributed by atoms with E-state index in [-0.39, 0.29) is 29.6 Å². The number of unbranched alkanes of at least 4 members (excludes halogenated alkanes) is 3. The average molecular weight is 597 g/mol. The lowest BCUT2D eigenvalue weighted by molar-refractivity contribution is -0.143. The van der Waals surface area contributed by atoms with E-state index in [1.54, 1.807) is 45.7 Å². The summed E-state index contributed by atoms with van der Waals surface area (Å²) in [4.78, 5) is 50.2. The van der Waals surface area contributed by atoms with Gasteiger partial charge in [-0.1, -0.05) is 25.0 Å². The zero-order valence-corrected chi connectivity index (χ0v) is 26.4. The van der Waals surface area contributed by atoms with Crippen LogP contribution in [0.15, 0.2) is 49.6 Å². The number of likely N-dealkylation sites (tertiary alicyclic amines) is 1. The molecule has 3 fully saturated rings. The summed E-state index contributed by atoms with van der Waals surface area (Å²) >= 11 is 1.71. The monoisotopic (exact) mass is 596 g/mol. The normalized spacial score (nSPS) is 25.8. The van der Waals surface area contributed by atoms with Crippen molar-refractivity contribution < 1.29 is 19.5 Å². The highest BCUT2D eigenvalue weighted by atomic mass is 32.2. The van der Waals surface area contributed by atoms with Crippen molar-refractivity contribution in [2.75, 3.05) is 56.2 Å². The molecular formula is C33H48N4O4S. The molecule has 42 heavy (non-hydrogen) atoms. The highest BCUT2D eigenvalue weighted by Gasteiger charge is 2.73. The molecule has 5 atom stereocenters. The third kappa shape index (κ3) is 5.87. The SMILES string of the molecule is C=CCN(C)C(=O)[C@@H]1[C@H]2C(=O)N(CCCCCCO)C(C(=O)N(CC=C)c3ccc(N(CC)CC)cc3)C23CC[C@H]1S3. The molecule has 3 amide bonds. The van der Waals surface area contributed by atoms with Gasteiger partial charge in [0.2, 0.25) is 11.8 Å². The molecule has 1 aromatic carbocycles. The Balaban J connectivity index is 1.69. The molecule has 8 nitrogen and oxygen atoms in total. The number of benzene rings is 1. The summed E-state index contributed by atoms with van der Waals surface area (Å²) in [6, 6.07) is 7.41. The van der Waals surface area contributed by atoms with Crippen molar-refractivity contribution in [2.45, 2.75) is 68.4 Å². The van der Waals surface area contributed by atoms with Crippen molar-refractivity contribution in [1.82, 2.24) is 9.80 Å². The molecule has 0 saturated carbocycles. The van der Waals surface area contributed by atoms with Gasteiger partial charge < -0.3 is 24.7 Å². The van der Waals surface area contributed by atoms with Crippen molar-refractivity contribution in [2.24, 2.45) is 11.8 Å². The molecule has 3 saturated heterocycles. The van der Waals surface area contributed by atoms with E-state index < -0.39 is 22.6 Å². The maximum Gasteiger partial charge on any atom is 0.251 e. The lowest BCUT2D eigenvalue weighted by Crippen LogP contribution is -2.55. The van der Waals surface area contributed by atoms with Gasteiger partial charge in [0.25, 0.3) is 5.91 Å². The summed E-state index contributed by atoms with van der Waals surface area (Å²) in [6.07, 6.45) is 8.22. The van der Waals surface area contributed by atoms with E-state index in [0.29, 0.717) is 19.6 Å². The number of likely N-dealkylation sites (N-methyl/N-ethyl adjacent to an activating group) is 1. The molecule has 230 valence electrons. The van der Waals surface area contributed by atoms with Crippen LogP contribution in [0.3, 0.4) is 0 Å². The molecule has 0 radical (unpaired) electrons. The number of amides is 3. The van der Waals surface area contributed by atoms with Gasteiger partial charge in [0.15, 0.2) is 0 Å². The Morgan fingerprint density at radius 1 is 1.02 bits per heavy atom. The molecule has 2 bridgehead atoms. The zero-order valence-electron chi connectivity index (χ0n) is 25.5. The Kier molecular flexibility index (Phi) is 10.8. The Morgan fingerprint density at radius 3 is 2.29 bits per heavy atom. The molecule has 0 aromatic heterocycles. The second-order valence-electron chi connectivity index (χ2n) is 11.7. The summed E-state index contributed by atoms with van der Waals surface area (Å²) in [7, 11) is 1.77. The third-order valence-corrected chi connectivity index (χ3v) is 11.2. The third-order valence-electron chi connectivity index (χ3n) is 9.27. The molecule has 0 aliphatic carbocycles. The number of nitrogens with zero attached hydrogens (tertiary/aromatic N) is 4. The van der Waals surface area contributed by atoms with Crippen LogP contribution in [-0.4, -0.2) is 95.0 Å². The van der Waals surface area contributed by atoms with Crippen LogP contribution < -0.4 is 9.80 Å². The molecule has 2 unspecified atom stereocenters. The molecular weight excluding hydrogens is 548 g/mol. The number of thioether (sulfide) groups is 1. The first-order valence-electron chi connectivity index (χ1n) is 15.5. The minimum atomic E-state index is -0.646. The fraction of sp³-hybridized carbons (Fsp3) is 0.606. The van der Waals surface area contributed by atoms with Crippen LogP contribution in [0.25, 0.3) is 0 Å². The number of carbonyl (C=O) groups excluding carboxylic acids is 3. The quantitative estimate of drug-likeness (QED) is 0.226. The van der Waals surface area contributed by atoms with Crippen LogP contribution in [-0.2, 0) is 14.4 Å². The number of carbonyl (C=O) groups is 3. The Morgan fingerprint density at radius 2 is 1.67 bits per heavy atom. The maximum atomic E-state index is 14.7. The number of hydrogen-bond donors (Lipinski definition) is 1. The lowest BCUT2D eigenvalue weighted by atomic mass is 9.70. The summed E-state index contributed by atoms with van der Waals surface area (Å²) < 4.78 is -0.625. The molecule has 4 rings (SSSR count). The summed E-state index contributed by atoms with van der Waals surface area (Å²) in [5, 5.41) is 9.23. The molecule has 1 spiro atoms. The van der Waals surface area contributed by atoms with Crippen LogP contribution in [0.2, 0.25) is 0 Å². The zero-order chi connectivity index (χ0) is 30.4. The van der Waals surface area contributed by atoms with E-state index in [4.69, 9.17) is 0 Å². The number of aliphatic hydroxyl groups excluding tert-OH is 1. The number of hydrogen-bond acceptors (Lipinski definition) is 6.